The van der Waals surface area contributed by atoms with E-state index in [1.165, 1.54) is 4.90 Å². The van der Waals surface area contributed by atoms with E-state index in [9.17, 15) is 13.2 Å². The van der Waals surface area contributed by atoms with E-state index in [4.69, 9.17) is 0 Å². The van der Waals surface area contributed by atoms with Gasteiger partial charge in [-0.3, -0.25) is 9.89 Å². The lowest BCUT2D eigenvalue weighted by Gasteiger charge is -2.40. The van der Waals surface area contributed by atoms with E-state index in [1.807, 2.05) is 18.7 Å². The van der Waals surface area contributed by atoms with Crippen molar-refractivity contribution in [3.63, 3.8) is 0 Å². The summed E-state index contributed by atoms with van der Waals surface area (Å²) in [5, 5.41) is 3.40. The number of hydrogen-bond donors (Lipinski definition) is 1. The number of aliphatic imine (C=N–C) groups is 1. The summed E-state index contributed by atoms with van der Waals surface area (Å²) in [5.74, 6) is 1.89. The number of halogens is 4. The topological polar surface area (TPSA) is 30.9 Å². The van der Waals surface area contributed by atoms with E-state index in [2.05, 4.69) is 29.1 Å². The second-order valence-electron chi connectivity index (χ2n) is 6.81. The van der Waals surface area contributed by atoms with E-state index in [0.717, 1.165) is 31.2 Å². The average Bonchev–Trinajstić information content (AvgIpc) is 2.82. The Morgan fingerprint density at radius 3 is 2.62 bits per heavy atom. The molecule has 2 rings (SSSR count). The van der Waals surface area contributed by atoms with Gasteiger partial charge in [0.1, 0.15) is 0 Å². The quantitative estimate of drug-likeness (QED) is 0.383. The Morgan fingerprint density at radius 1 is 1.33 bits per heavy atom. The van der Waals surface area contributed by atoms with Gasteiger partial charge in [0, 0.05) is 49.3 Å². The second kappa shape index (κ2) is 9.16. The van der Waals surface area contributed by atoms with E-state index in [1.54, 1.807) is 0 Å². The molecular formula is C15H28F3IN4S. The molecule has 0 aromatic rings. The Kier molecular flexibility index (Phi) is 8.45. The van der Waals surface area contributed by atoms with Crippen molar-refractivity contribution < 1.29 is 13.2 Å². The molecule has 0 saturated carbocycles. The minimum atomic E-state index is -4.12. The number of nitrogens with one attached hydrogen (secondary N) is 1. The summed E-state index contributed by atoms with van der Waals surface area (Å²) < 4.78 is 37.7. The number of alkyl halides is 3. The summed E-state index contributed by atoms with van der Waals surface area (Å²) in [6, 6.07) is 0.0420. The maximum Gasteiger partial charge on any atom is 0.401 e. The number of rotatable bonds is 3. The van der Waals surface area contributed by atoms with Crippen LogP contribution in [0.15, 0.2) is 4.99 Å². The van der Waals surface area contributed by atoms with Crippen LogP contribution in [-0.4, -0.2) is 77.7 Å². The van der Waals surface area contributed by atoms with Gasteiger partial charge < -0.3 is 10.2 Å². The molecule has 142 valence electrons. The zero-order valence-electron chi connectivity index (χ0n) is 14.5. The van der Waals surface area contributed by atoms with Crippen molar-refractivity contribution in [2.24, 2.45) is 4.99 Å². The van der Waals surface area contributed by atoms with Crippen molar-refractivity contribution in [3.05, 3.63) is 0 Å². The Morgan fingerprint density at radius 2 is 2.04 bits per heavy atom. The van der Waals surface area contributed by atoms with Gasteiger partial charge in [0.15, 0.2) is 5.96 Å². The first-order valence-electron chi connectivity index (χ1n) is 8.17. The van der Waals surface area contributed by atoms with E-state index < -0.39 is 12.7 Å². The smallest absolute Gasteiger partial charge is 0.352 e. The fraction of sp³-hybridized carbons (Fsp3) is 0.933. The molecule has 2 heterocycles. The molecule has 0 aromatic carbocycles. The number of guanidine groups is 1. The fourth-order valence-electron chi connectivity index (χ4n) is 3.11. The van der Waals surface area contributed by atoms with E-state index in [0.29, 0.717) is 19.6 Å². The zero-order valence-corrected chi connectivity index (χ0v) is 17.7. The molecule has 24 heavy (non-hydrogen) atoms. The third-order valence-electron chi connectivity index (χ3n) is 4.04. The molecule has 4 nitrogen and oxygen atoms in total. The summed E-state index contributed by atoms with van der Waals surface area (Å²) in [7, 11) is 0. The molecule has 2 fully saturated rings. The highest BCUT2D eigenvalue weighted by molar-refractivity contribution is 14.0. The number of likely N-dealkylation sites (tertiary alicyclic amines) is 1. The Labute approximate surface area is 164 Å². The lowest BCUT2D eigenvalue weighted by Crippen LogP contribution is -2.53. The van der Waals surface area contributed by atoms with Gasteiger partial charge in [-0.05, 0) is 27.2 Å². The van der Waals surface area contributed by atoms with Crippen LogP contribution in [-0.2, 0) is 0 Å². The standard InChI is InChI=1S/C15H27F3N4S.HI/c1-4-19-13(22-7-8-23-14(2,3)10-22)20-12-5-6-21(9-12)11-15(16,17)18;/h12H,4-11H2,1-3H3,(H,19,20);1H. The first kappa shape index (κ1) is 22.1. The Hall–Kier alpha value is 0.1000. The lowest BCUT2D eigenvalue weighted by molar-refractivity contribution is -0.143. The normalized spacial score (nSPS) is 25.5. The highest BCUT2D eigenvalue weighted by atomic mass is 127. The highest BCUT2D eigenvalue weighted by Crippen LogP contribution is 2.29. The molecule has 0 aromatic heterocycles. The first-order chi connectivity index (χ1) is 10.7. The SMILES string of the molecule is CCN=C(NC1CCN(CC(F)(F)F)C1)N1CCSC(C)(C)C1.I. The largest absolute Gasteiger partial charge is 0.401 e. The molecule has 2 saturated heterocycles. The van der Waals surface area contributed by atoms with Crippen LogP contribution < -0.4 is 5.32 Å². The van der Waals surface area contributed by atoms with Crippen LogP contribution in [0.4, 0.5) is 13.2 Å². The molecule has 9 heteroatoms. The summed E-state index contributed by atoms with van der Waals surface area (Å²) in [5.41, 5.74) is 0. The van der Waals surface area contributed by atoms with Gasteiger partial charge in [-0.1, -0.05) is 0 Å². The summed E-state index contributed by atoms with van der Waals surface area (Å²) >= 11 is 1.95. The molecule has 0 spiro atoms. The molecule has 0 amide bonds. The molecule has 2 aliphatic rings. The predicted molar refractivity (Wildman–Crippen MR) is 106 cm³/mol. The van der Waals surface area contributed by atoms with Crippen LogP contribution in [0.3, 0.4) is 0 Å². The monoisotopic (exact) mass is 480 g/mol. The summed E-state index contributed by atoms with van der Waals surface area (Å²) in [6.07, 6.45) is -3.39. The van der Waals surface area contributed by atoms with Crippen LogP contribution in [0.5, 0.6) is 0 Å². The maximum atomic E-state index is 12.5. The zero-order chi connectivity index (χ0) is 17.1. The van der Waals surface area contributed by atoms with Crippen LogP contribution in [0, 0.1) is 0 Å². The predicted octanol–water partition coefficient (Wildman–Crippen LogP) is 3.03. The maximum absolute atomic E-state index is 12.5. The number of nitrogens with zero attached hydrogens (tertiary/aromatic N) is 3. The van der Waals surface area contributed by atoms with Crippen molar-refractivity contribution in [1.82, 2.24) is 15.1 Å². The molecule has 1 unspecified atom stereocenters. The van der Waals surface area contributed by atoms with Gasteiger partial charge in [0.2, 0.25) is 0 Å². The van der Waals surface area contributed by atoms with Crippen LogP contribution in [0.2, 0.25) is 0 Å². The summed E-state index contributed by atoms with van der Waals surface area (Å²) in [4.78, 5) is 8.27. The van der Waals surface area contributed by atoms with Crippen molar-refractivity contribution >= 4 is 41.7 Å². The summed E-state index contributed by atoms with van der Waals surface area (Å²) in [6.45, 7) is 9.01. The molecule has 1 N–H and O–H groups in total. The molecule has 0 aliphatic carbocycles. The van der Waals surface area contributed by atoms with Crippen molar-refractivity contribution in [1.29, 1.82) is 0 Å². The average molecular weight is 480 g/mol. The first-order valence-corrected chi connectivity index (χ1v) is 9.16. The fourth-order valence-corrected chi connectivity index (χ4v) is 4.23. The van der Waals surface area contributed by atoms with Gasteiger partial charge in [-0.15, -0.1) is 24.0 Å². The second-order valence-corrected chi connectivity index (χ2v) is 8.61. The van der Waals surface area contributed by atoms with Gasteiger partial charge in [-0.2, -0.15) is 24.9 Å². The molecule has 2 aliphatic heterocycles. The molecule has 1 atom stereocenters. The highest BCUT2D eigenvalue weighted by Gasteiger charge is 2.35. The third kappa shape index (κ3) is 7.15. The molecule has 0 bridgehead atoms. The Balaban J connectivity index is 0.00000288. The van der Waals surface area contributed by atoms with Crippen LogP contribution in [0.1, 0.15) is 27.2 Å². The number of hydrogen-bond acceptors (Lipinski definition) is 3. The van der Waals surface area contributed by atoms with Crippen LogP contribution >= 0.6 is 35.7 Å². The number of thioether (sulfide) groups is 1. The lowest BCUT2D eigenvalue weighted by atomic mass is 10.2. The van der Waals surface area contributed by atoms with Gasteiger partial charge in [-0.25, -0.2) is 0 Å². The minimum Gasteiger partial charge on any atom is -0.352 e. The van der Waals surface area contributed by atoms with Crippen molar-refractivity contribution in [3.8, 4) is 0 Å². The minimum absolute atomic E-state index is 0. The molecular weight excluding hydrogens is 452 g/mol. The van der Waals surface area contributed by atoms with Gasteiger partial charge in [0.25, 0.3) is 0 Å². The van der Waals surface area contributed by atoms with Gasteiger partial charge in [0.05, 0.1) is 6.54 Å². The van der Waals surface area contributed by atoms with Crippen molar-refractivity contribution in [2.45, 2.75) is 44.2 Å². The van der Waals surface area contributed by atoms with Crippen molar-refractivity contribution in [2.75, 3.05) is 45.0 Å². The molecule has 0 radical (unpaired) electrons. The van der Waals surface area contributed by atoms with E-state index >= 15 is 0 Å². The van der Waals surface area contributed by atoms with Crippen LogP contribution in [0.25, 0.3) is 0 Å². The third-order valence-corrected chi connectivity index (χ3v) is 5.34. The van der Waals surface area contributed by atoms with Gasteiger partial charge >= 0.3 is 6.18 Å². The Bertz CT molecular complexity index is 431. The van der Waals surface area contributed by atoms with E-state index in [-0.39, 0.29) is 34.8 Å².